The highest BCUT2D eigenvalue weighted by Crippen LogP contribution is 2.25. The van der Waals surface area contributed by atoms with Crippen LogP contribution in [0.2, 0.25) is 0 Å². The SMILES string of the molecule is CC(COCc1ccccc1)CC1CCN(C(=O)OC(C)(C)C)CC1. The van der Waals surface area contributed by atoms with Crippen LogP contribution in [0.25, 0.3) is 0 Å². The highest BCUT2D eigenvalue weighted by molar-refractivity contribution is 5.68. The second-order valence-corrected chi connectivity index (χ2v) is 8.25. The van der Waals surface area contributed by atoms with Crippen LogP contribution >= 0.6 is 0 Å². The summed E-state index contributed by atoms with van der Waals surface area (Å²) in [5, 5.41) is 0. The van der Waals surface area contributed by atoms with E-state index in [4.69, 9.17) is 9.47 Å². The van der Waals surface area contributed by atoms with Crippen LogP contribution in [-0.4, -0.2) is 36.3 Å². The second kappa shape index (κ2) is 9.23. The van der Waals surface area contributed by atoms with Gasteiger partial charge < -0.3 is 14.4 Å². The minimum Gasteiger partial charge on any atom is -0.444 e. The summed E-state index contributed by atoms with van der Waals surface area (Å²) < 4.78 is 11.3. The molecule has 25 heavy (non-hydrogen) atoms. The first kappa shape index (κ1) is 19.8. The van der Waals surface area contributed by atoms with Crippen molar-refractivity contribution in [2.45, 2.75) is 59.2 Å². The molecule has 1 aliphatic heterocycles. The molecule has 0 saturated carbocycles. The Hall–Kier alpha value is -1.55. The predicted octanol–water partition coefficient (Wildman–Crippen LogP) is 4.88. The number of carbonyl (C=O) groups excluding carboxylic acids is 1. The Balaban J connectivity index is 1.63. The smallest absolute Gasteiger partial charge is 0.410 e. The third-order valence-electron chi connectivity index (χ3n) is 4.52. The molecule has 0 spiro atoms. The van der Waals surface area contributed by atoms with E-state index in [2.05, 4.69) is 19.1 Å². The van der Waals surface area contributed by atoms with E-state index in [-0.39, 0.29) is 6.09 Å². The fourth-order valence-corrected chi connectivity index (χ4v) is 3.27. The highest BCUT2D eigenvalue weighted by atomic mass is 16.6. The van der Waals surface area contributed by atoms with Crippen molar-refractivity contribution >= 4 is 6.09 Å². The molecular weight excluding hydrogens is 314 g/mol. The largest absolute Gasteiger partial charge is 0.444 e. The summed E-state index contributed by atoms with van der Waals surface area (Å²) in [5.41, 5.74) is 0.804. The number of rotatable bonds is 6. The van der Waals surface area contributed by atoms with Crippen molar-refractivity contribution in [3.8, 4) is 0 Å². The summed E-state index contributed by atoms with van der Waals surface area (Å²) in [6, 6.07) is 10.3. The highest BCUT2D eigenvalue weighted by Gasteiger charge is 2.27. The lowest BCUT2D eigenvalue weighted by Gasteiger charge is -2.34. The average Bonchev–Trinajstić information content (AvgIpc) is 2.55. The van der Waals surface area contributed by atoms with Crippen molar-refractivity contribution in [2.24, 2.45) is 11.8 Å². The van der Waals surface area contributed by atoms with E-state index in [1.807, 2.05) is 43.9 Å². The molecular formula is C21H33NO3. The summed E-state index contributed by atoms with van der Waals surface area (Å²) in [6.45, 7) is 11.1. The molecule has 0 bridgehead atoms. The quantitative estimate of drug-likeness (QED) is 0.736. The molecule has 1 heterocycles. The molecule has 0 radical (unpaired) electrons. The number of piperidine rings is 1. The summed E-state index contributed by atoms with van der Waals surface area (Å²) in [5.74, 6) is 1.22. The first-order valence-electron chi connectivity index (χ1n) is 9.43. The summed E-state index contributed by atoms with van der Waals surface area (Å²) in [4.78, 5) is 13.9. The topological polar surface area (TPSA) is 38.8 Å². The van der Waals surface area contributed by atoms with Gasteiger partial charge in [0.2, 0.25) is 0 Å². The minimum absolute atomic E-state index is 0.176. The Morgan fingerprint density at radius 2 is 1.84 bits per heavy atom. The number of hydrogen-bond donors (Lipinski definition) is 0. The van der Waals surface area contributed by atoms with Crippen molar-refractivity contribution in [1.82, 2.24) is 4.90 Å². The summed E-state index contributed by atoms with van der Waals surface area (Å²) in [7, 11) is 0. The van der Waals surface area contributed by atoms with Gasteiger partial charge in [-0.05, 0) is 57.4 Å². The second-order valence-electron chi connectivity index (χ2n) is 8.25. The van der Waals surface area contributed by atoms with Gasteiger partial charge in [0.1, 0.15) is 5.60 Å². The van der Waals surface area contributed by atoms with Gasteiger partial charge in [0.25, 0.3) is 0 Å². The van der Waals surface area contributed by atoms with Crippen LogP contribution in [0.5, 0.6) is 0 Å². The molecule has 1 amide bonds. The van der Waals surface area contributed by atoms with Crippen LogP contribution in [-0.2, 0) is 16.1 Å². The molecule has 1 aromatic rings. The standard InChI is InChI=1S/C21H33NO3/c1-17(15-24-16-19-8-6-5-7-9-19)14-18-10-12-22(13-11-18)20(23)25-21(2,3)4/h5-9,17-18H,10-16H2,1-4H3. The van der Waals surface area contributed by atoms with Crippen LogP contribution in [0.1, 0.15) is 52.5 Å². The summed E-state index contributed by atoms with van der Waals surface area (Å²) in [6.07, 6.45) is 3.10. The normalized spacial score (nSPS) is 17.4. The number of nitrogens with zero attached hydrogens (tertiary/aromatic N) is 1. The van der Waals surface area contributed by atoms with Crippen molar-refractivity contribution in [3.05, 3.63) is 35.9 Å². The van der Waals surface area contributed by atoms with Gasteiger partial charge in [-0.25, -0.2) is 4.79 Å². The van der Waals surface area contributed by atoms with Crippen LogP contribution in [0.4, 0.5) is 4.79 Å². The number of likely N-dealkylation sites (tertiary alicyclic amines) is 1. The lowest BCUT2D eigenvalue weighted by Crippen LogP contribution is -2.42. The molecule has 1 atom stereocenters. The molecule has 1 fully saturated rings. The Labute approximate surface area is 152 Å². The summed E-state index contributed by atoms with van der Waals surface area (Å²) >= 11 is 0. The maximum absolute atomic E-state index is 12.1. The maximum atomic E-state index is 12.1. The number of carbonyl (C=O) groups is 1. The van der Waals surface area contributed by atoms with Crippen molar-refractivity contribution in [2.75, 3.05) is 19.7 Å². The third kappa shape index (κ3) is 7.47. The number of amides is 1. The molecule has 1 aromatic carbocycles. The van der Waals surface area contributed by atoms with E-state index in [1.54, 1.807) is 0 Å². The molecule has 0 aliphatic carbocycles. The van der Waals surface area contributed by atoms with Gasteiger partial charge >= 0.3 is 6.09 Å². The van der Waals surface area contributed by atoms with Gasteiger partial charge in [-0.2, -0.15) is 0 Å². The van der Waals surface area contributed by atoms with Crippen LogP contribution in [0.3, 0.4) is 0 Å². The molecule has 0 N–H and O–H groups in total. The lowest BCUT2D eigenvalue weighted by atomic mass is 9.88. The molecule has 1 aliphatic rings. The fraction of sp³-hybridized carbons (Fsp3) is 0.667. The molecule has 1 unspecified atom stereocenters. The van der Waals surface area contributed by atoms with Crippen LogP contribution in [0.15, 0.2) is 30.3 Å². The first-order valence-corrected chi connectivity index (χ1v) is 9.43. The predicted molar refractivity (Wildman–Crippen MR) is 100 cm³/mol. The zero-order valence-electron chi connectivity index (χ0n) is 16.2. The molecule has 4 nitrogen and oxygen atoms in total. The van der Waals surface area contributed by atoms with Crippen LogP contribution < -0.4 is 0 Å². The minimum atomic E-state index is -0.418. The third-order valence-corrected chi connectivity index (χ3v) is 4.52. The lowest BCUT2D eigenvalue weighted by molar-refractivity contribution is 0.0164. The van der Waals surface area contributed by atoms with Gasteiger partial charge in [0.05, 0.1) is 6.61 Å². The van der Waals surface area contributed by atoms with Crippen molar-refractivity contribution < 1.29 is 14.3 Å². The zero-order chi connectivity index (χ0) is 18.3. The van der Waals surface area contributed by atoms with E-state index < -0.39 is 5.60 Å². The zero-order valence-corrected chi connectivity index (χ0v) is 16.2. The van der Waals surface area contributed by atoms with E-state index >= 15 is 0 Å². The van der Waals surface area contributed by atoms with Gasteiger partial charge in [0.15, 0.2) is 0 Å². The number of ether oxygens (including phenoxy) is 2. The molecule has 4 heteroatoms. The molecule has 140 valence electrons. The van der Waals surface area contributed by atoms with Gasteiger partial charge in [-0.15, -0.1) is 0 Å². The number of hydrogen-bond acceptors (Lipinski definition) is 3. The Bertz CT molecular complexity index is 516. The van der Waals surface area contributed by atoms with Crippen molar-refractivity contribution in [1.29, 1.82) is 0 Å². The molecule has 1 saturated heterocycles. The van der Waals surface area contributed by atoms with E-state index in [1.165, 1.54) is 5.56 Å². The van der Waals surface area contributed by atoms with Gasteiger partial charge in [-0.3, -0.25) is 0 Å². The Morgan fingerprint density at radius 1 is 1.20 bits per heavy atom. The van der Waals surface area contributed by atoms with Crippen LogP contribution in [0, 0.1) is 11.8 Å². The molecule has 2 rings (SSSR count). The monoisotopic (exact) mass is 347 g/mol. The number of benzene rings is 1. The first-order chi connectivity index (χ1) is 11.8. The van der Waals surface area contributed by atoms with E-state index in [0.29, 0.717) is 18.4 Å². The van der Waals surface area contributed by atoms with E-state index in [9.17, 15) is 4.79 Å². The van der Waals surface area contributed by atoms with E-state index in [0.717, 1.165) is 39.0 Å². The van der Waals surface area contributed by atoms with Gasteiger partial charge in [0, 0.05) is 19.7 Å². The fourth-order valence-electron chi connectivity index (χ4n) is 3.27. The van der Waals surface area contributed by atoms with Gasteiger partial charge in [-0.1, -0.05) is 37.3 Å². The Kier molecular flexibility index (Phi) is 7.30. The maximum Gasteiger partial charge on any atom is 0.410 e. The average molecular weight is 347 g/mol. The Morgan fingerprint density at radius 3 is 2.44 bits per heavy atom. The molecule has 0 aromatic heterocycles. The van der Waals surface area contributed by atoms with Crippen molar-refractivity contribution in [3.63, 3.8) is 0 Å².